The summed E-state index contributed by atoms with van der Waals surface area (Å²) >= 11 is 0. The van der Waals surface area contributed by atoms with E-state index < -0.39 is 0 Å². The maximum Gasteiger partial charge on any atom is 0.144 e. The van der Waals surface area contributed by atoms with Crippen molar-refractivity contribution in [3.63, 3.8) is 0 Å². The summed E-state index contributed by atoms with van der Waals surface area (Å²) in [5.74, 6) is 0.799. The van der Waals surface area contributed by atoms with Crippen LogP contribution in [-0.2, 0) is 0 Å². The highest BCUT2D eigenvalue weighted by molar-refractivity contribution is 5.98. The molecule has 1 aliphatic carbocycles. The molecule has 0 heterocycles. The van der Waals surface area contributed by atoms with Crippen LogP contribution >= 0.6 is 0 Å². The molecule has 2 heteroatoms. The molecule has 2 rings (SSSR count). The number of benzene rings is 1. The maximum absolute atomic E-state index is 5.23. The Morgan fingerprint density at radius 2 is 2.20 bits per heavy atom. The minimum Gasteiger partial charge on any atom is -0.494 e. The first-order valence-corrected chi connectivity index (χ1v) is 4.84. The fourth-order valence-electron chi connectivity index (χ4n) is 1.40. The van der Waals surface area contributed by atoms with Crippen molar-refractivity contribution in [1.82, 2.24) is 0 Å². The van der Waals surface area contributed by atoms with Gasteiger partial charge in [0.05, 0.1) is 7.11 Å². The Morgan fingerprint density at radius 1 is 1.33 bits per heavy atom. The molecule has 0 aliphatic heterocycles. The fraction of sp³-hybridized carbons (Fsp3) is 0.154. The van der Waals surface area contributed by atoms with Gasteiger partial charge >= 0.3 is 0 Å². The van der Waals surface area contributed by atoms with E-state index in [0.717, 1.165) is 23.6 Å². The van der Waals surface area contributed by atoms with Gasteiger partial charge in [-0.2, -0.15) is 0 Å². The lowest BCUT2D eigenvalue weighted by atomic mass is 10.1. The molecule has 0 saturated heterocycles. The average Bonchev–Trinajstić information content (AvgIpc) is 2.31. The van der Waals surface area contributed by atoms with Crippen molar-refractivity contribution in [1.29, 1.82) is 0 Å². The second kappa shape index (κ2) is 4.60. The summed E-state index contributed by atoms with van der Waals surface area (Å²) in [6, 6.07) is 7.74. The predicted octanol–water partition coefficient (Wildman–Crippen LogP) is 3.09. The van der Waals surface area contributed by atoms with E-state index in [4.69, 9.17) is 4.74 Å². The molecule has 1 aromatic carbocycles. The van der Waals surface area contributed by atoms with Crippen LogP contribution in [0.1, 0.15) is 6.42 Å². The molecule has 75 valence electrons. The number of methoxy groups -OCH3 is 1. The number of ether oxygens (including phenoxy) is 1. The van der Waals surface area contributed by atoms with E-state index in [0.29, 0.717) is 0 Å². The zero-order chi connectivity index (χ0) is 10.5. The number of aliphatic imine (C=N–C) groups is 1. The minimum absolute atomic E-state index is 0.758. The van der Waals surface area contributed by atoms with E-state index in [1.54, 1.807) is 7.11 Å². The van der Waals surface area contributed by atoms with Gasteiger partial charge in [0.15, 0.2) is 0 Å². The molecule has 0 amide bonds. The Bertz CT molecular complexity index is 430. The lowest BCUT2D eigenvalue weighted by Gasteiger charge is -2.05. The molecule has 1 aromatic rings. The van der Waals surface area contributed by atoms with Gasteiger partial charge < -0.3 is 4.74 Å². The first-order chi connectivity index (χ1) is 7.40. The van der Waals surface area contributed by atoms with Gasteiger partial charge in [-0.15, -0.1) is 0 Å². The Balaban J connectivity index is 2.30. The third-order valence-electron chi connectivity index (χ3n) is 2.14. The Morgan fingerprint density at radius 3 is 2.93 bits per heavy atom. The van der Waals surface area contributed by atoms with Crippen molar-refractivity contribution < 1.29 is 4.74 Å². The van der Waals surface area contributed by atoms with Crippen molar-refractivity contribution in [3.8, 4) is 5.75 Å². The summed E-state index contributed by atoms with van der Waals surface area (Å²) < 4.78 is 5.23. The van der Waals surface area contributed by atoms with E-state index in [2.05, 4.69) is 11.1 Å². The molecule has 2 nitrogen and oxygen atoms in total. The third kappa shape index (κ3) is 2.34. The molecule has 1 radical (unpaired) electrons. The molecule has 0 spiro atoms. The van der Waals surface area contributed by atoms with Gasteiger partial charge in [-0.1, -0.05) is 24.3 Å². The van der Waals surface area contributed by atoms with E-state index in [-0.39, 0.29) is 0 Å². The Kier molecular flexibility index (Phi) is 2.98. The molecular formula is C13H12NO. The lowest BCUT2D eigenvalue weighted by molar-refractivity contribution is 0.416. The van der Waals surface area contributed by atoms with Gasteiger partial charge in [-0.05, 0) is 24.3 Å². The van der Waals surface area contributed by atoms with Gasteiger partial charge in [0.2, 0.25) is 0 Å². The maximum atomic E-state index is 5.23. The Hall–Kier alpha value is -1.83. The van der Waals surface area contributed by atoms with Crippen LogP contribution in [0.25, 0.3) is 0 Å². The standard InChI is InChI=1S/C13H12NO/c1-15-13-10-6-5-9-12(13)14-11-7-3-2-4-8-11/h2-3,5-7,9-10H,8H2,1H3/b14-11+. The van der Waals surface area contributed by atoms with E-state index >= 15 is 0 Å². The van der Waals surface area contributed by atoms with E-state index in [1.165, 1.54) is 0 Å². The highest BCUT2D eigenvalue weighted by Crippen LogP contribution is 2.27. The summed E-state index contributed by atoms with van der Waals surface area (Å²) in [5.41, 5.74) is 1.87. The molecule has 0 unspecified atom stereocenters. The van der Waals surface area contributed by atoms with Crippen LogP contribution in [0, 0.1) is 6.08 Å². The van der Waals surface area contributed by atoms with E-state index in [1.807, 2.05) is 42.5 Å². The molecular weight excluding hydrogens is 186 g/mol. The van der Waals surface area contributed by atoms with Gasteiger partial charge in [0.1, 0.15) is 11.4 Å². The Labute approximate surface area is 89.6 Å². The van der Waals surface area contributed by atoms with Gasteiger partial charge in [0.25, 0.3) is 0 Å². The number of nitrogens with zero attached hydrogens (tertiary/aromatic N) is 1. The zero-order valence-corrected chi connectivity index (χ0v) is 8.60. The van der Waals surface area contributed by atoms with Gasteiger partial charge in [0, 0.05) is 12.1 Å². The van der Waals surface area contributed by atoms with Crippen LogP contribution in [0.15, 0.2) is 47.5 Å². The van der Waals surface area contributed by atoms with Crippen LogP contribution in [0.4, 0.5) is 5.69 Å². The first kappa shape index (κ1) is 9.71. The minimum atomic E-state index is 0.758. The molecule has 0 fully saturated rings. The monoisotopic (exact) mass is 198 g/mol. The summed E-state index contributed by atoms with van der Waals surface area (Å²) in [6.45, 7) is 0. The third-order valence-corrected chi connectivity index (χ3v) is 2.14. The smallest absolute Gasteiger partial charge is 0.144 e. The fourth-order valence-corrected chi connectivity index (χ4v) is 1.40. The van der Waals surface area contributed by atoms with Crippen LogP contribution in [-0.4, -0.2) is 12.8 Å². The molecule has 0 aromatic heterocycles. The lowest BCUT2D eigenvalue weighted by Crippen LogP contribution is -1.94. The van der Waals surface area contributed by atoms with Gasteiger partial charge in [-0.25, -0.2) is 4.99 Å². The number of allylic oxidation sites excluding steroid dienone is 4. The first-order valence-electron chi connectivity index (χ1n) is 4.84. The average molecular weight is 198 g/mol. The van der Waals surface area contributed by atoms with Crippen molar-refractivity contribution in [2.75, 3.05) is 7.11 Å². The molecule has 0 atom stereocenters. The summed E-state index contributed by atoms with van der Waals surface area (Å²) in [4.78, 5) is 4.51. The number of rotatable bonds is 2. The zero-order valence-electron chi connectivity index (χ0n) is 8.60. The second-order valence-electron chi connectivity index (χ2n) is 3.18. The molecule has 0 N–H and O–H groups in total. The largest absolute Gasteiger partial charge is 0.494 e. The van der Waals surface area contributed by atoms with Crippen LogP contribution in [0.3, 0.4) is 0 Å². The summed E-state index contributed by atoms with van der Waals surface area (Å²) in [7, 11) is 1.65. The number of hydrogen-bond acceptors (Lipinski definition) is 2. The topological polar surface area (TPSA) is 21.6 Å². The molecule has 15 heavy (non-hydrogen) atoms. The van der Waals surface area contributed by atoms with Crippen molar-refractivity contribution in [2.45, 2.75) is 6.42 Å². The SMILES string of the molecule is COc1ccccc1/N=C1\C=CC=[C]C1. The highest BCUT2D eigenvalue weighted by Gasteiger charge is 2.01. The van der Waals surface area contributed by atoms with Gasteiger partial charge in [-0.3, -0.25) is 0 Å². The summed E-state index contributed by atoms with van der Waals surface area (Å²) in [5, 5.41) is 0. The summed E-state index contributed by atoms with van der Waals surface area (Å²) in [6.07, 6.45) is 9.70. The van der Waals surface area contributed by atoms with Crippen molar-refractivity contribution in [2.24, 2.45) is 4.99 Å². The highest BCUT2D eigenvalue weighted by atomic mass is 16.5. The van der Waals surface area contributed by atoms with Crippen molar-refractivity contribution in [3.05, 3.63) is 48.6 Å². The quantitative estimate of drug-likeness (QED) is 0.715. The molecule has 0 saturated carbocycles. The van der Waals surface area contributed by atoms with Crippen LogP contribution < -0.4 is 4.74 Å². The van der Waals surface area contributed by atoms with Crippen molar-refractivity contribution >= 4 is 11.4 Å². The normalized spacial score (nSPS) is 17.0. The second-order valence-corrected chi connectivity index (χ2v) is 3.18. The van der Waals surface area contributed by atoms with E-state index in [9.17, 15) is 0 Å². The van der Waals surface area contributed by atoms with Crippen LogP contribution in [0.5, 0.6) is 5.75 Å². The van der Waals surface area contributed by atoms with Crippen LogP contribution in [0.2, 0.25) is 0 Å². The predicted molar refractivity (Wildman–Crippen MR) is 61.7 cm³/mol. The molecule has 0 bridgehead atoms. The molecule has 1 aliphatic rings. The number of hydrogen-bond donors (Lipinski definition) is 0. The number of para-hydroxylation sites is 2.